The first-order valence-corrected chi connectivity index (χ1v) is 8.28. The lowest BCUT2D eigenvalue weighted by Gasteiger charge is -2.27. The summed E-state index contributed by atoms with van der Waals surface area (Å²) in [6, 6.07) is 7.04. The summed E-state index contributed by atoms with van der Waals surface area (Å²) in [6.45, 7) is 3.43. The van der Waals surface area contributed by atoms with E-state index in [-0.39, 0.29) is 24.3 Å². The second kappa shape index (κ2) is 8.80. The average molecular weight is 334 g/mol. The molecule has 1 aromatic carbocycles. The number of esters is 1. The minimum Gasteiger partial charge on any atom is -0.468 e. The van der Waals surface area contributed by atoms with Crippen molar-refractivity contribution in [2.24, 2.45) is 11.7 Å². The van der Waals surface area contributed by atoms with Crippen LogP contribution in [0.5, 0.6) is 0 Å². The molecule has 1 aromatic rings. The van der Waals surface area contributed by atoms with E-state index in [1.165, 1.54) is 7.11 Å². The van der Waals surface area contributed by atoms with Crippen LogP contribution in [-0.2, 0) is 19.1 Å². The molecule has 6 heteroatoms. The molecular formula is C18H26N2O4. The lowest BCUT2D eigenvalue weighted by atomic mass is 9.91. The Labute approximate surface area is 142 Å². The fraction of sp³-hybridized carbons (Fsp3) is 0.556. The molecule has 0 bridgehead atoms. The standard InChI is InChI=1S/C18H26N2O4/c1-12-3-5-13(6-4-12)15(18(22)23-2)11-20-17(21)16(19)14-7-9-24-10-8-14/h3-6,14-16H,7-11,19H2,1-2H3,(H,20,21). The van der Waals surface area contributed by atoms with E-state index in [1.807, 2.05) is 31.2 Å². The van der Waals surface area contributed by atoms with Gasteiger partial charge in [-0.15, -0.1) is 0 Å². The molecule has 2 rings (SSSR count). The number of aryl methyl sites for hydroxylation is 1. The highest BCUT2D eigenvalue weighted by Gasteiger charge is 2.28. The van der Waals surface area contributed by atoms with Gasteiger partial charge in [0.2, 0.25) is 5.91 Å². The maximum atomic E-state index is 12.3. The smallest absolute Gasteiger partial charge is 0.314 e. The van der Waals surface area contributed by atoms with Crippen molar-refractivity contribution in [3.8, 4) is 0 Å². The first-order valence-electron chi connectivity index (χ1n) is 8.28. The van der Waals surface area contributed by atoms with E-state index in [1.54, 1.807) is 0 Å². The van der Waals surface area contributed by atoms with E-state index in [0.29, 0.717) is 13.2 Å². The summed E-state index contributed by atoms with van der Waals surface area (Å²) in [5, 5.41) is 2.80. The van der Waals surface area contributed by atoms with Gasteiger partial charge in [0.05, 0.1) is 19.1 Å². The maximum Gasteiger partial charge on any atom is 0.314 e. The largest absolute Gasteiger partial charge is 0.468 e. The number of hydrogen-bond acceptors (Lipinski definition) is 5. The van der Waals surface area contributed by atoms with Gasteiger partial charge in [-0.1, -0.05) is 29.8 Å². The SMILES string of the molecule is COC(=O)C(CNC(=O)C(N)C1CCOCC1)c1ccc(C)cc1. The Kier molecular flexibility index (Phi) is 6.75. The Bertz CT molecular complexity index is 553. The third kappa shape index (κ3) is 4.79. The number of ether oxygens (including phenoxy) is 2. The molecule has 1 saturated heterocycles. The van der Waals surface area contributed by atoms with E-state index < -0.39 is 12.0 Å². The van der Waals surface area contributed by atoms with Crippen LogP contribution in [0.15, 0.2) is 24.3 Å². The quantitative estimate of drug-likeness (QED) is 0.761. The third-order valence-electron chi connectivity index (χ3n) is 4.52. The van der Waals surface area contributed by atoms with Crippen molar-refractivity contribution >= 4 is 11.9 Å². The minimum absolute atomic E-state index is 0.120. The molecule has 6 nitrogen and oxygen atoms in total. The third-order valence-corrected chi connectivity index (χ3v) is 4.52. The van der Waals surface area contributed by atoms with Crippen molar-refractivity contribution in [2.45, 2.75) is 31.7 Å². The van der Waals surface area contributed by atoms with E-state index in [2.05, 4.69) is 5.32 Å². The van der Waals surface area contributed by atoms with Gasteiger partial charge in [-0.2, -0.15) is 0 Å². The first-order chi connectivity index (χ1) is 11.5. The molecule has 1 aliphatic heterocycles. The molecule has 1 heterocycles. The number of methoxy groups -OCH3 is 1. The zero-order valence-corrected chi connectivity index (χ0v) is 14.3. The second-order valence-corrected chi connectivity index (χ2v) is 6.21. The van der Waals surface area contributed by atoms with Crippen LogP contribution in [0.3, 0.4) is 0 Å². The summed E-state index contributed by atoms with van der Waals surface area (Å²) in [5.41, 5.74) is 7.98. The van der Waals surface area contributed by atoms with Gasteiger partial charge in [0.25, 0.3) is 0 Å². The van der Waals surface area contributed by atoms with E-state index in [0.717, 1.165) is 24.0 Å². The second-order valence-electron chi connectivity index (χ2n) is 6.21. The van der Waals surface area contributed by atoms with Gasteiger partial charge in [-0.3, -0.25) is 9.59 Å². The summed E-state index contributed by atoms with van der Waals surface area (Å²) < 4.78 is 10.2. The molecule has 1 aliphatic rings. The summed E-state index contributed by atoms with van der Waals surface area (Å²) in [7, 11) is 1.35. The first kappa shape index (κ1) is 18.4. The molecule has 1 amide bonds. The van der Waals surface area contributed by atoms with Crippen molar-refractivity contribution in [1.82, 2.24) is 5.32 Å². The highest BCUT2D eigenvalue weighted by Crippen LogP contribution is 2.19. The molecule has 2 unspecified atom stereocenters. The number of carbonyl (C=O) groups is 2. The normalized spacial score (nSPS) is 17.8. The Morgan fingerprint density at radius 2 is 1.92 bits per heavy atom. The molecule has 24 heavy (non-hydrogen) atoms. The average Bonchev–Trinajstić information content (AvgIpc) is 2.62. The van der Waals surface area contributed by atoms with Crippen LogP contribution in [0.4, 0.5) is 0 Å². The summed E-state index contributed by atoms with van der Waals surface area (Å²) >= 11 is 0. The van der Waals surface area contributed by atoms with Gasteiger partial charge in [0, 0.05) is 19.8 Å². The van der Waals surface area contributed by atoms with Crippen LogP contribution >= 0.6 is 0 Å². The van der Waals surface area contributed by atoms with Crippen LogP contribution < -0.4 is 11.1 Å². The number of hydrogen-bond donors (Lipinski definition) is 2. The molecule has 0 saturated carbocycles. The Balaban J connectivity index is 1.97. The van der Waals surface area contributed by atoms with Crippen molar-refractivity contribution in [1.29, 1.82) is 0 Å². The summed E-state index contributed by atoms with van der Waals surface area (Å²) in [4.78, 5) is 24.4. The van der Waals surface area contributed by atoms with Gasteiger partial charge in [0.15, 0.2) is 0 Å². The zero-order valence-electron chi connectivity index (χ0n) is 14.3. The topological polar surface area (TPSA) is 90.7 Å². The van der Waals surface area contributed by atoms with Gasteiger partial charge in [-0.05, 0) is 31.2 Å². The predicted molar refractivity (Wildman–Crippen MR) is 90.5 cm³/mol. The van der Waals surface area contributed by atoms with Crippen molar-refractivity contribution < 1.29 is 19.1 Å². The highest BCUT2D eigenvalue weighted by atomic mass is 16.5. The Hall–Kier alpha value is -1.92. The number of nitrogens with one attached hydrogen (secondary N) is 1. The van der Waals surface area contributed by atoms with Gasteiger partial charge < -0.3 is 20.5 Å². The van der Waals surface area contributed by atoms with Crippen molar-refractivity contribution in [3.05, 3.63) is 35.4 Å². The lowest BCUT2D eigenvalue weighted by Crippen LogP contribution is -2.48. The van der Waals surface area contributed by atoms with Crippen molar-refractivity contribution in [3.63, 3.8) is 0 Å². The summed E-state index contributed by atoms with van der Waals surface area (Å²) in [6.07, 6.45) is 1.57. The number of benzene rings is 1. The number of amides is 1. The molecular weight excluding hydrogens is 308 g/mol. The number of rotatable bonds is 6. The summed E-state index contributed by atoms with van der Waals surface area (Å²) in [5.74, 6) is -1.03. The van der Waals surface area contributed by atoms with Gasteiger partial charge in [0.1, 0.15) is 0 Å². The molecule has 0 aliphatic carbocycles. The lowest BCUT2D eigenvalue weighted by molar-refractivity contribution is -0.142. The van der Waals surface area contributed by atoms with E-state index >= 15 is 0 Å². The monoisotopic (exact) mass is 334 g/mol. The fourth-order valence-corrected chi connectivity index (χ4v) is 2.89. The molecule has 0 aromatic heterocycles. The molecule has 0 spiro atoms. The van der Waals surface area contributed by atoms with Gasteiger partial charge >= 0.3 is 5.97 Å². The minimum atomic E-state index is -0.579. The highest BCUT2D eigenvalue weighted by molar-refractivity contribution is 5.84. The zero-order chi connectivity index (χ0) is 17.5. The van der Waals surface area contributed by atoms with E-state index in [4.69, 9.17) is 15.2 Å². The van der Waals surface area contributed by atoms with Crippen LogP contribution in [0.25, 0.3) is 0 Å². The van der Waals surface area contributed by atoms with Gasteiger partial charge in [-0.25, -0.2) is 0 Å². The number of carbonyl (C=O) groups excluding carboxylic acids is 2. The van der Waals surface area contributed by atoms with Crippen molar-refractivity contribution in [2.75, 3.05) is 26.9 Å². The predicted octanol–water partition coefficient (Wildman–Crippen LogP) is 1.12. The van der Waals surface area contributed by atoms with Crippen LogP contribution in [0.1, 0.15) is 29.9 Å². The van der Waals surface area contributed by atoms with E-state index in [9.17, 15) is 9.59 Å². The maximum absolute atomic E-state index is 12.3. The van der Waals surface area contributed by atoms with Crippen LogP contribution in [0, 0.1) is 12.8 Å². The Morgan fingerprint density at radius 1 is 1.29 bits per heavy atom. The molecule has 3 N–H and O–H groups in total. The van der Waals surface area contributed by atoms with Crippen LogP contribution in [-0.4, -0.2) is 44.8 Å². The molecule has 1 fully saturated rings. The molecule has 0 radical (unpaired) electrons. The fourth-order valence-electron chi connectivity index (χ4n) is 2.89. The Morgan fingerprint density at radius 3 is 2.50 bits per heavy atom. The van der Waals surface area contributed by atoms with Crippen LogP contribution in [0.2, 0.25) is 0 Å². The molecule has 2 atom stereocenters. The number of nitrogens with two attached hydrogens (primary N) is 1. The molecule has 132 valence electrons.